The molecule has 0 aromatic carbocycles. The number of nitrogens with one attached hydrogen (secondary N) is 2. The Labute approximate surface area is 89.5 Å². The Bertz CT molecular complexity index is 197. The van der Waals surface area contributed by atoms with Gasteiger partial charge in [0, 0.05) is 26.6 Å². The van der Waals surface area contributed by atoms with Crippen LogP contribution in [0.3, 0.4) is 0 Å². The molecular weight excluding hydrogens is 198 g/mol. The van der Waals surface area contributed by atoms with E-state index in [1.54, 1.807) is 7.11 Å². The maximum atomic E-state index is 11.1. The standard InChI is InChI=1S/C9H19N3O3/c1-15-6-5-11-7-9(14)12-4-2-3-8(10)13/h11H,2-7H2,1H3,(H2,10,13)(H,12,14). The Morgan fingerprint density at radius 3 is 2.67 bits per heavy atom. The van der Waals surface area contributed by atoms with Gasteiger partial charge in [-0.3, -0.25) is 9.59 Å². The Morgan fingerprint density at radius 2 is 2.07 bits per heavy atom. The first-order valence-corrected chi connectivity index (χ1v) is 4.91. The summed E-state index contributed by atoms with van der Waals surface area (Å²) >= 11 is 0. The van der Waals surface area contributed by atoms with E-state index in [0.29, 0.717) is 32.5 Å². The quantitative estimate of drug-likeness (QED) is 0.414. The number of hydrogen-bond acceptors (Lipinski definition) is 4. The van der Waals surface area contributed by atoms with Crippen molar-refractivity contribution in [1.82, 2.24) is 10.6 Å². The monoisotopic (exact) mass is 217 g/mol. The second-order valence-electron chi connectivity index (χ2n) is 3.09. The highest BCUT2D eigenvalue weighted by Gasteiger charge is 1.99. The second kappa shape index (κ2) is 9.42. The normalized spacial score (nSPS) is 9.93. The molecule has 0 bridgehead atoms. The molecule has 0 aliphatic carbocycles. The van der Waals surface area contributed by atoms with Crippen LogP contribution in [0.4, 0.5) is 0 Å². The fourth-order valence-electron chi connectivity index (χ4n) is 0.929. The zero-order valence-electron chi connectivity index (χ0n) is 9.04. The first kappa shape index (κ1) is 13.9. The molecule has 0 saturated carbocycles. The van der Waals surface area contributed by atoms with Crippen LogP contribution in [0.1, 0.15) is 12.8 Å². The Hall–Kier alpha value is -1.14. The maximum Gasteiger partial charge on any atom is 0.233 e. The van der Waals surface area contributed by atoms with Crippen molar-refractivity contribution in [3.8, 4) is 0 Å². The first-order chi connectivity index (χ1) is 7.16. The molecule has 0 unspecified atom stereocenters. The largest absolute Gasteiger partial charge is 0.383 e. The Kier molecular flexibility index (Phi) is 8.70. The summed E-state index contributed by atoms with van der Waals surface area (Å²) in [6, 6.07) is 0. The number of carbonyl (C=O) groups is 2. The molecule has 0 aromatic heterocycles. The lowest BCUT2D eigenvalue weighted by atomic mass is 10.3. The summed E-state index contributed by atoms with van der Waals surface area (Å²) in [4.78, 5) is 21.5. The Morgan fingerprint density at radius 1 is 1.33 bits per heavy atom. The molecule has 0 aromatic rings. The number of primary amides is 1. The molecule has 6 heteroatoms. The van der Waals surface area contributed by atoms with E-state index in [0.717, 1.165) is 0 Å². The molecular formula is C9H19N3O3. The highest BCUT2D eigenvalue weighted by atomic mass is 16.5. The average molecular weight is 217 g/mol. The number of hydrogen-bond donors (Lipinski definition) is 3. The molecule has 0 atom stereocenters. The van der Waals surface area contributed by atoms with Gasteiger partial charge in [-0.2, -0.15) is 0 Å². The first-order valence-electron chi connectivity index (χ1n) is 4.91. The molecule has 4 N–H and O–H groups in total. The predicted octanol–water partition coefficient (Wildman–Crippen LogP) is -1.40. The molecule has 0 rings (SSSR count). The molecule has 0 radical (unpaired) electrons. The summed E-state index contributed by atoms with van der Waals surface area (Å²) in [6.07, 6.45) is 0.885. The zero-order chi connectivity index (χ0) is 11.5. The fraction of sp³-hybridized carbons (Fsp3) is 0.778. The minimum absolute atomic E-state index is 0.0874. The van der Waals surface area contributed by atoms with Gasteiger partial charge in [0.05, 0.1) is 13.2 Å². The van der Waals surface area contributed by atoms with E-state index in [9.17, 15) is 9.59 Å². The summed E-state index contributed by atoms with van der Waals surface area (Å²) < 4.78 is 4.80. The number of methoxy groups -OCH3 is 1. The molecule has 0 aliphatic rings. The van der Waals surface area contributed by atoms with Crippen molar-refractivity contribution in [3.63, 3.8) is 0 Å². The van der Waals surface area contributed by atoms with Crippen molar-refractivity contribution in [1.29, 1.82) is 0 Å². The maximum absolute atomic E-state index is 11.1. The lowest BCUT2D eigenvalue weighted by Crippen LogP contribution is -2.35. The summed E-state index contributed by atoms with van der Waals surface area (Å²) in [7, 11) is 1.60. The topological polar surface area (TPSA) is 93.4 Å². The molecule has 0 saturated heterocycles. The van der Waals surface area contributed by atoms with Crippen LogP contribution < -0.4 is 16.4 Å². The van der Waals surface area contributed by atoms with Gasteiger partial charge in [-0.1, -0.05) is 0 Å². The summed E-state index contributed by atoms with van der Waals surface area (Å²) in [5, 5.41) is 5.57. The molecule has 88 valence electrons. The molecule has 0 heterocycles. The smallest absolute Gasteiger partial charge is 0.233 e. The van der Waals surface area contributed by atoms with Crippen molar-refractivity contribution >= 4 is 11.8 Å². The van der Waals surface area contributed by atoms with Crippen molar-refractivity contribution in [3.05, 3.63) is 0 Å². The van der Waals surface area contributed by atoms with E-state index in [1.165, 1.54) is 0 Å². The predicted molar refractivity (Wildman–Crippen MR) is 56.2 cm³/mol. The minimum Gasteiger partial charge on any atom is -0.383 e. The van der Waals surface area contributed by atoms with Crippen LogP contribution in [0.5, 0.6) is 0 Å². The minimum atomic E-state index is -0.345. The Balaban J connectivity index is 3.22. The van der Waals surface area contributed by atoms with Gasteiger partial charge >= 0.3 is 0 Å². The van der Waals surface area contributed by atoms with Crippen molar-refractivity contribution < 1.29 is 14.3 Å². The van der Waals surface area contributed by atoms with Crippen molar-refractivity contribution in [2.24, 2.45) is 5.73 Å². The number of nitrogens with two attached hydrogens (primary N) is 1. The van der Waals surface area contributed by atoms with Crippen LogP contribution >= 0.6 is 0 Å². The van der Waals surface area contributed by atoms with Gasteiger partial charge in [-0.25, -0.2) is 0 Å². The van der Waals surface area contributed by atoms with E-state index in [2.05, 4.69) is 10.6 Å². The van der Waals surface area contributed by atoms with Crippen LogP contribution in [0.2, 0.25) is 0 Å². The van der Waals surface area contributed by atoms with Gasteiger partial charge in [0.1, 0.15) is 0 Å². The van der Waals surface area contributed by atoms with E-state index in [1.807, 2.05) is 0 Å². The van der Waals surface area contributed by atoms with Crippen molar-refractivity contribution in [2.75, 3.05) is 33.4 Å². The molecule has 15 heavy (non-hydrogen) atoms. The second-order valence-corrected chi connectivity index (χ2v) is 3.09. The third kappa shape index (κ3) is 10.8. The average Bonchev–Trinajstić information content (AvgIpc) is 2.19. The molecule has 0 aliphatic heterocycles. The molecule has 0 fully saturated rings. The van der Waals surface area contributed by atoms with E-state index >= 15 is 0 Å². The molecule has 6 nitrogen and oxygen atoms in total. The van der Waals surface area contributed by atoms with Crippen molar-refractivity contribution in [2.45, 2.75) is 12.8 Å². The van der Waals surface area contributed by atoms with Gasteiger partial charge in [-0.05, 0) is 6.42 Å². The van der Waals surface area contributed by atoms with Gasteiger partial charge in [-0.15, -0.1) is 0 Å². The van der Waals surface area contributed by atoms with Gasteiger partial charge in [0.25, 0.3) is 0 Å². The van der Waals surface area contributed by atoms with Gasteiger partial charge < -0.3 is 21.1 Å². The highest BCUT2D eigenvalue weighted by Crippen LogP contribution is 1.83. The number of carbonyl (C=O) groups excluding carboxylic acids is 2. The van der Waals surface area contributed by atoms with Gasteiger partial charge in [0.15, 0.2) is 0 Å². The van der Waals surface area contributed by atoms with E-state index in [-0.39, 0.29) is 18.4 Å². The molecule has 2 amide bonds. The SMILES string of the molecule is COCCNCC(=O)NCCCC(N)=O. The van der Waals surface area contributed by atoms with E-state index in [4.69, 9.17) is 10.5 Å². The van der Waals surface area contributed by atoms with Crippen LogP contribution in [0, 0.1) is 0 Å². The highest BCUT2D eigenvalue weighted by molar-refractivity contribution is 5.78. The number of ether oxygens (including phenoxy) is 1. The van der Waals surface area contributed by atoms with E-state index < -0.39 is 0 Å². The summed E-state index contributed by atoms with van der Waals surface area (Å²) in [6.45, 7) is 1.97. The summed E-state index contributed by atoms with van der Waals surface area (Å²) in [5.41, 5.74) is 4.94. The summed E-state index contributed by atoms with van der Waals surface area (Å²) in [5.74, 6) is -0.432. The van der Waals surface area contributed by atoms with Crippen LogP contribution in [0.25, 0.3) is 0 Å². The van der Waals surface area contributed by atoms with Crippen LogP contribution in [-0.4, -0.2) is 45.2 Å². The van der Waals surface area contributed by atoms with Gasteiger partial charge in [0.2, 0.25) is 11.8 Å². The molecule has 0 spiro atoms. The van der Waals surface area contributed by atoms with Crippen LogP contribution in [0.15, 0.2) is 0 Å². The number of rotatable bonds is 9. The van der Waals surface area contributed by atoms with Crippen LogP contribution in [-0.2, 0) is 14.3 Å². The zero-order valence-corrected chi connectivity index (χ0v) is 9.04. The lowest BCUT2D eigenvalue weighted by Gasteiger charge is -2.05. The fourth-order valence-corrected chi connectivity index (χ4v) is 0.929. The number of amides is 2. The lowest BCUT2D eigenvalue weighted by molar-refractivity contribution is -0.121. The third-order valence-corrected chi connectivity index (χ3v) is 1.69. The third-order valence-electron chi connectivity index (χ3n) is 1.69.